The Morgan fingerprint density at radius 3 is 3.21 bits per heavy atom. The van der Waals surface area contributed by atoms with Gasteiger partial charge in [0.25, 0.3) is 0 Å². The highest BCUT2D eigenvalue weighted by molar-refractivity contribution is 5.82. The molecule has 0 aliphatic carbocycles. The first-order valence-corrected chi connectivity index (χ1v) is 4.33. The molecule has 2 heterocycles. The topological polar surface area (TPSA) is 77.4 Å². The van der Waals surface area contributed by atoms with Crippen LogP contribution in [0.1, 0.15) is 12.5 Å². The number of anilines is 1. The Morgan fingerprint density at radius 1 is 1.64 bits per heavy atom. The molecule has 0 amide bonds. The zero-order chi connectivity index (χ0) is 9.97. The number of nitrogens with one attached hydrogen (secondary N) is 2. The fraction of sp³-hybridized carbons (Fsp3) is 0.222. The third-order valence-electron chi connectivity index (χ3n) is 1.89. The summed E-state index contributed by atoms with van der Waals surface area (Å²) in [5.41, 5.74) is 1.26. The number of hydrogen-bond donors (Lipinski definition) is 2. The Kier molecular flexibility index (Phi) is 2.03. The molecule has 0 unspecified atom stereocenters. The average Bonchev–Trinajstić information content (AvgIpc) is 2.60. The lowest BCUT2D eigenvalue weighted by atomic mass is 10.3. The first kappa shape index (κ1) is 8.51. The number of fused-ring (bicyclic) bond motifs is 1. The Balaban J connectivity index is 2.53. The van der Waals surface area contributed by atoms with Crippen LogP contribution in [0.25, 0.3) is 11.0 Å². The Hall–Kier alpha value is -2.09. The van der Waals surface area contributed by atoms with Crippen molar-refractivity contribution in [1.29, 1.82) is 5.26 Å². The van der Waals surface area contributed by atoms with E-state index in [1.165, 1.54) is 0 Å². The van der Waals surface area contributed by atoms with Crippen LogP contribution in [0.4, 0.5) is 5.95 Å². The van der Waals surface area contributed by atoms with Gasteiger partial charge in [0.2, 0.25) is 5.95 Å². The summed E-state index contributed by atoms with van der Waals surface area (Å²) in [6.45, 7) is 2.75. The molecule has 0 aliphatic rings. The number of aromatic nitrogens is 3. The van der Waals surface area contributed by atoms with Crippen molar-refractivity contribution in [2.45, 2.75) is 6.92 Å². The van der Waals surface area contributed by atoms with E-state index in [2.05, 4.69) is 26.3 Å². The fourth-order valence-electron chi connectivity index (χ4n) is 1.24. The van der Waals surface area contributed by atoms with Crippen molar-refractivity contribution in [3.8, 4) is 6.07 Å². The minimum Gasteiger partial charge on any atom is -0.354 e. The van der Waals surface area contributed by atoms with Gasteiger partial charge >= 0.3 is 0 Å². The zero-order valence-electron chi connectivity index (χ0n) is 7.70. The third kappa shape index (κ3) is 1.27. The summed E-state index contributed by atoms with van der Waals surface area (Å²) in [5.74, 6) is 0.575. The van der Waals surface area contributed by atoms with Crippen molar-refractivity contribution in [3.05, 3.63) is 18.0 Å². The van der Waals surface area contributed by atoms with Gasteiger partial charge in [0.15, 0.2) is 0 Å². The molecule has 5 nitrogen and oxygen atoms in total. The van der Waals surface area contributed by atoms with Crippen molar-refractivity contribution >= 4 is 17.0 Å². The zero-order valence-corrected chi connectivity index (χ0v) is 7.70. The molecule has 0 fully saturated rings. The third-order valence-corrected chi connectivity index (χ3v) is 1.89. The van der Waals surface area contributed by atoms with Crippen molar-refractivity contribution in [2.75, 3.05) is 11.9 Å². The molecule has 5 heteroatoms. The lowest BCUT2D eigenvalue weighted by Gasteiger charge is -1.99. The van der Waals surface area contributed by atoms with E-state index in [0.717, 1.165) is 11.9 Å². The van der Waals surface area contributed by atoms with Crippen molar-refractivity contribution in [1.82, 2.24) is 15.0 Å². The molecule has 2 N–H and O–H groups in total. The van der Waals surface area contributed by atoms with Gasteiger partial charge in [0, 0.05) is 18.9 Å². The quantitative estimate of drug-likeness (QED) is 0.742. The highest BCUT2D eigenvalue weighted by Gasteiger charge is 2.04. The van der Waals surface area contributed by atoms with E-state index in [9.17, 15) is 0 Å². The van der Waals surface area contributed by atoms with Crippen molar-refractivity contribution in [3.63, 3.8) is 0 Å². The number of rotatable bonds is 2. The molecule has 0 radical (unpaired) electrons. The van der Waals surface area contributed by atoms with Crippen molar-refractivity contribution in [2.24, 2.45) is 0 Å². The minimum atomic E-state index is 0.572. The number of nitrogens with zero attached hydrogens (tertiary/aromatic N) is 3. The highest BCUT2D eigenvalue weighted by atomic mass is 15.1. The number of hydrogen-bond acceptors (Lipinski definition) is 4. The van der Waals surface area contributed by atoms with Gasteiger partial charge < -0.3 is 10.3 Å². The van der Waals surface area contributed by atoms with Crippen LogP contribution >= 0.6 is 0 Å². The number of nitriles is 1. The lowest BCUT2D eigenvalue weighted by molar-refractivity contribution is 1.10. The van der Waals surface area contributed by atoms with Crippen LogP contribution in [-0.4, -0.2) is 21.5 Å². The Bertz CT molecular complexity index is 493. The lowest BCUT2D eigenvalue weighted by Crippen LogP contribution is -2.01. The van der Waals surface area contributed by atoms with Crippen LogP contribution in [0.2, 0.25) is 0 Å². The predicted octanol–water partition coefficient (Wildman–Crippen LogP) is 1.26. The van der Waals surface area contributed by atoms with Gasteiger partial charge in [-0.25, -0.2) is 4.98 Å². The van der Waals surface area contributed by atoms with E-state index >= 15 is 0 Å². The summed E-state index contributed by atoms with van der Waals surface area (Å²) in [5, 5.41) is 12.5. The van der Waals surface area contributed by atoms with Crippen molar-refractivity contribution < 1.29 is 0 Å². The van der Waals surface area contributed by atoms with Gasteiger partial charge in [-0.2, -0.15) is 10.2 Å². The summed E-state index contributed by atoms with van der Waals surface area (Å²) in [6, 6.07) is 2.07. The van der Waals surface area contributed by atoms with E-state index < -0.39 is 0 Å². The smallest absolute Gasteiger partial charge is 0.224 e. The van der Waals surface area contributed by atoms with E-state index in [4.69, 9.17) is 5.26 Å². The van der Waals surface area contributed by atoms with E-state index in [1.54, 1.807) is 12.4 Å². The van der Waals surface area contributed by atoms with E-state index in [-0.39, 0.29) is 0 Å². The summed E-state index contributed by atoms with van der Waals surface area (Å²) in [7, 11) is 0. The van der Waals surface area contributed by atoms with Crippen LogP contribution in [0.3, 0.4) is 0 Å². The first-order valence-electron chi connectivity index (χ1n) is 4.33. The van der Waals surface area contributed by atoms with Gasteiger partial charge in [-0.1, -0.05) is 0 Å². The molecule has 2 aromatic heterocycles. The molecular weight excluding hydrogens is 178 g/mol. The molecule has 0 saturated heterocycles. The highest BCUT2D eigenvalue weighted by Crippen LogP contribution is 2.15. The normalized spacial score (nSPS) is 10.0. The molecule has 0 bridgehead atoms. The van der Waals surface area contributed by atoms with Crippen LogP contribution in [0.15, 0.2) is 12.4 Å². The minimum absolute atomic E-state index is 0.572. The fourth-order valence-corrected chi connectivity index (χ4v) is 1.24. The molecule has 0 saturated carbocycles. The first-order chi connectivity index (χ1) is 6.85. The molecule has 0 spiro atoms. The standard InChI is InChI=1S/C9H9N5/c1-2-11-9-13-5-7-6(3-10)4-12-8(7)14-9/h4-5H,2H2,1H3,(H2,11,12,13,14). The number of H-pyrrole nitrogens is 1. The SMILES string of the molecule is CCNc1ncc2c(C#N)c[nH]c2n1. The molecular formula is C9H9N5. The molecule has 0 atom stereocenters. The van der Waals surface area contributed by atoms with Gasteiger partial charge in [-0.3, -0.25) is 0 Å². The van der Waals surface area contributed by atoms with E-state index in [0.29, 0.717) is 17.2 Å². The molecule has 70 valence electrons. The van der Waals surface area contributed by atoms with Crippen LogP contribution in [0, 0.1) is 11.3 Å². The largest absolute Gasteiger partial charge is 0.354 e. The summed E-state index contributed by atoms with van der Waals surface area (Å²) >= 11 is 0. The van der Waals surface area contributed by atoms with E-state index in [1.807, 2.05) is 6.92 Å². The summed E-state index contributed by atoms with van der Waals surface area (Å²) in [6.07, 6.45) is 3.28. The molecule has 0 aromatic carbocycles. The van der Waals surface area contributed by atoms with Gasteiger partial charge in [0.05, 0.1) is 10.9 Å². The van der Waals surface area contributed by atoms with Gasteiger partial charge in [-0.15, -0.1) is 0 Å². The Morgan fingerprint density at radius 2 is 2.50 bits per heavy atom. The molecule has 14 heavy (non-hydrogen) atoms. The van der Waals surface area contributed by atoms with Crippen LogP contribution in [-0.2, 0) is 0 Å². The van der Waals surface area contributed by atoms with Crippen LogP contribution < -0.4 is 5.32 Å². The molecule has 2 rings (SSSR count). The predicted molar refractivity (Wildman–Crippen MR) is 52.8 cm³/mol. The average molecular weight is 187 g/mol. The second-order valence-corrected chi connectivity index (χ2v) is 2.80. The molecule has 0 aliphatic heterocycles. The summed E-state index contributed by atoms with van der Waals surface area (Å²) < 4.78 is 0. The maximum atomic E-state index is 8.76. The van der Waals surface area contributed by atoms with Gasteiger partial charge in [-0.05, 0) is 6.92 Å². The second-order valence-electron chi connectivity index (χ2n) is 2.80. The maximum absolute atomic E-state index is 8.76. The molecule has 2 aromatic rings. The van der Waals surface area contributed by atoms with Gasteiger partial charge in [0.1, 0.15) is 11.7 Å². The second kappa shape index (κ2) is 3.34. The monoisotopic (exact) mass is 187 g/mol. The number of aromatic amines is 1. The maximum Gasteiger partial charge on any atom is 0.224 e. The van der Waals surface area contributed by atoms with Crippen LogP contribution in [0.5, 0.6) is 0 Å². The Labute approximate surface area is 80.8 Å². The summed E-state index contributed by atoms with van der Waals surface area (Å²) in [4.78, 5) is 11.2.